The third-order valence-corrected chi connectivity index (χ3v) is 8.04. The molecule has 3 aliphatic rings. The van der Waals surface area contributed by atoms with E-state index in [1.165, 1.54) is 12.1 Å². The highest BCUT2D eigenvalue weighted by atomic mass is 35.5. The van der Waals surface area contributed by atoms with Gasteiger partial charge in [-0.3, -0.25) is 9.69 Å². The number of fused-ring (bicyclic) bond motifs is 1. The van der Waals surface area contributed by atoms with Gasteiger partial charge < -0.3 is 34.6 Å². The number of β-amino-alcohol motifs (C(OH)–C–C–N with tert-alkyl or cyclic N) is 2. The fourth-order valence-corrected chi connectivity index (χ4v) is 5.85. The van der Waals surface area contributed by atoms with Crippen molar-refractivity contribution < 1.29 is 29.6 Å². The van der Waals surface area contributed by atoms with Crippen LogP contribution in [0.4, 0.5) is 0 Å². The Morgan fingerprint density at radius 3 is 2.55 bits per heavy atom. The van der Waals surface area contributed by atoms with Crippen LogP contribution in [0.2, 0.25) is 5.02 Å². The Bertz CT molecular complexity index is 1130. The van der Waals surface area contributed by atoms with Gasteiger partial charge in [0.1, 0.15) is 35.6 Å². The van der Waals surface area contributed by atoms with Crippen LogP contribution in [-0.4, -0.2) is 113 Å². The van der Waals surface area contributed by atoms with Crippen molar-refractivity contribution in [1.82, 2.24) is 14.7 Å². The normalized spacial score (nSPS) is 20.2. The van der Waals surface area contributed by atoms with Crippen LogP contribution in [0.1, 0.15) is 28.8 Å². The summed E-state index contributed by atoms with van der Waals surface area (Å²) in [5, 5.41) is 30.6. The molecule has 9 nitrogen and oxygen atoms in total. The van der Waals surface area contributed by atoms with Crippen molar-refractivity contribution in [2.45, 2.75) is 31.0 Å². The number of piperazine rings is 1. The molecule has 1 spiro atoms. The number of aromatic hydroxyl groups is 1. The SMILES string of the molecule is O=C(c1ccc(O)cc1OC[C@H](O)CN1CCC2(CC1)Cc1cc(Cl)ccc1O2)N1CCN(CCO)CC1. The van der Waals surface area contributed by atoms with Crippen LogP contribution in [0.3, 0.4) is 0 Å². The first-order chi connectivity index (χ1) is 18.3. The standard InChI is InChI=1S/C28H36ClN3O6/c29-21-1-4-25-20(15-21)17-28(38-25)5-7-31(8-6-28)18-23(35)19-37-26-16-22(34)2-3-24(26)27(36)32-11-9-30(10-12-32)13-14-33/h1-4,15-16,23,33-35H,5-14,17-19H2/t23-/m1/s1. The predicted octanol–water partition coefficient (Wildman–Crippen LogP) is 2.01. The van der Waals surface area contributed by atoms with E-state index in [0.717, 1.165) is 48.7 Å². The number of rotatable bonds is 8. The number of carbonyl (C=O) groups is 1. The molecule has 0 saturated carbocycles. The van der Waals surface area contributed by atoms with Gasteiger partial charge >= 0.3 is 0 Å². The minimum Gasteiger partial charge on any atom is -0.508 e. The zero-order valence-electron chi connectivity index (χ0n) is 21.5. The van der Waals surface area contributed by atoms with Gasteiger partial charge in [-0.15, -0.1) is 0 Å². The zero-order chi connectivity index (χ0) is 26.7. The van der Waals surface area contributed by atoms with Gasteiger partial charge in [0.2, 0.25) is 0 Å². The van der Waals surface area contributed by atoms with Gasteiger partial charge in [0.15, 0.2) is 0 Å². The van der Waals surface area contributed by atoms with E-state index in [1.54, 1.807) is 11.0 Å². The number of carbonyl (C=O) groups excluding carboxylic acids is 1. The van der Waals surface area contributed by atoms with Crippen molar-refractivity contribution in [1.29, 1.82) is 0 Å². The van der Waals surface area contributed by atoms with Gasteiger partial charge in [-0.1, -0.05) is 11.6 Å². The summed E-state index contributed by atoms with van der Waals surface area (Å²) in [5.41, 5.74) is 1.32. The largest absolute Gasteiger partial charge is 0.508 e. The summed E-state index contributed by atoms with van der Waals surface area (Å²) in [6, 6.07) is 10.2. The molecule has 3 aliphatic heterocycles. The topological polar surface area (TPSA) is 106 Å². The van der Waals surface area contributed by atoms with Crippen LogP contribution in [0, 0.1) is 0 Å². The summed E-state index contributed by atoms with van der Waals surface area (Å²) in [7, 11) is 0. The Balaban J connectivity index is 1.12. The minimum absolute atomic E-state index is 0.000944. The molecule has 10 heteroatoms. The molecule has 2 saturated heterocycles. The monoisotopic (exact) mass is 545 g/mol. The molecule has 5 rings (SSSR count). The average molecular weight is 546 g/mol. The van der Waals surface area contributed by atoms with Crippen molar-refractivity contribution in [3.63, 3.8) is 0 Å². The molecule has 38 heavy (non-hydrogen) atoms. The molecule has 0 unspecified atom stereocenters. The fourth-order valence-electron chi connectivity index (χ4n) is 5.65. The van der Waals surface area contributed by atoms with E-state index < -0.39 is 6.10 Å². The Labute approximate surface area is 228 Å². The van der Waals surface area contributed by atoms with Crippen LogP contribution >= 0.6 is 11.6 Å². The predicted molar refractivity (Wildman–Crippen MR) is 143 cm³/mol. The summed E-state index contributed by atoms with van der Waals surface area (Å²) < 4.78 is 12.2. The van der Waals surface area contributed by atoms with Gasteiger partial charge in [-0.2, -0.15) is 0 Å². The lowest BCUT2D eigenvalue weighted by Gasteiger charge is -2.39. The number of phenolic OH excluding ortho intramolecular Hbond substituents is 1. The molecule has 1 amide bonds. The first-order valence-electron chi connectivity index (χ1n) is 13.3. The lowest BCUT2D eigenvalue weighted by Crippen LogP contribution is -2.49. The molecule has 3 N–H and O–H groups in total. The lowest BCUT2D eigenvalue weighted by atomic mass is 9.87. The Morgan fingerprint density at radius 2 is 1.82 bits per heavy atom. The van der Waals surface area contributed by atoms with Gasteiger partial charge in [-0.05, 0) is 35.9 Å². The highest BCUT2D eigenvalue weighted by molar-refractivity contribution is 6.30. The summed E-state index contributed by atoms with van der Waals surface area (Å²) in [6.07, 6.45) is 1.83. The zero-order valence-corrected chi connectivity index (χ0v) is 22.3. The summed E-state index contributed by atoms with van der Waals surface area (Å²) in [6.45, 7) is 5.26. The van der Waals surface area contributed by atoms with Gasteiger partial charge in [-0.25, -0.2) is 0 Å². The number of hydrogen-bond donors (Lipinski definition) is 3. The number of benzene rings is 2. The molecule has 0 aliphatic carbocycles. The Morgan fingerprint density at radius 1 is 1.05 bits per heavy atom. The molecular weight excluding hydrogens is 510 g/mol. The number of ether oxygens (including phenoxy) is 2. The molecule has 3 heterocycles. The second-order valence-corrected chi connectivity index (χ2v) is 11.0. The van der Waals surface area contributed by atoms with E-state index in [4.69, 9.17) is 26.2 Å². The number of likely N-dealkylation sites (tertiary alicyclic amines) is 1. The van der Waals surface area contributed by atoms with Gasteiger partial charge in [0.05, 0.1) is 12.2 Å². The maximum absolute atomic E-state index is 13.2. The molecule has 0 radical (unpaired) electrons. The number of aliphatic hydroxyl groups excluding tert-OH is 2. The van der Waals surface area contributed by atoms with E-state index in [9.17, 15) is 15.0 Å². The Kier molecular flexibility index (Phi) is 8.30. The van der Waals surface area contributed by atoms with E-state index in [2.05, 4.69) is 9.80 Å². The summed E-state index contributed by atoms with van der Waals surface area (Å²) in [5.74, 6) is 1.01. The second-order valence-electron chi connectivity index (χ2n) is 10.5. The van der Waals surface area contributed by atoms with Crippen LogP contribution in [0.25, 0.3) is 0 Å². The van der Waals surface area contributed by atoms with Crippen LogP contribution in [0.15, 0.2) is 36.4 Å². The second kappa shape index (κ2) is 11.7. The maximum atomic E-state index is 13.2. The molecular formula is C28H36ClN3O6. The smallest absolute Gasteiger partial charge is 0.257 e. The number of aliphatic hydroxyl groups is 2. The molecule has 2 fully saturated rings. The molecule has 2 aromatic rings. The molecule has 2 aromatic carbocycles. The van der Waals surface area contributed by atoms with Gasteiger partial charge in [0, 0.05) is 82.7 Å². The molecule has 1 atom stereocenters. The first kappa shape index (κ1) is 27.0. The number of piperidine rings is 1. The fraction of sp³-hybridized carbons (Fsp3) is 0.536. The highest BCUT2D eigenvalue weighted by Gasteiger charge is 2.42. The van der Waals surface area contributed by atoms with E-state index >= 15 is 0 Å². The third kappa shape index (κ3) is 6.18. The van der Waals surface area contributed by atoms with E-state index in [0.29, 0.717) is 44.8 Å². The number of halogens is 1. The van der Waals surface area contributed by atoms with Crippen molar-refractivity contribution in [2.24, 2.45) is 0 Å². The van der Waals surface area contributed by atoms with Crippen molar-refractivity contribution in [3.05, 3.63) is 52.5 Å². The van der Waals surface area contributed by atoms with Crippen LogP contribution in [0.5, 0.6) is 17.2 Å². The maximum Gasteiger partial charge on any atom is 0.257 e. The number of amides is 1. The van der Waals surface area contributed by atoms with Gasteiger partial charge in [0.25, 0.3) is 5.91 Å². The minimum atomic E-state index is -0.753. The third-order valence-electron chi connectivity index (χ3n) is 7.80. The van der Waals surface area contributed by atoms with Crippen LogP contribution < -0.4 is 9.47 Å². The number of nitrogens with zero attached hydrogens (tertiary/aromatic N) is 3. The van der Waals surface area contributed by atoms with E-state index in [1.807, 2.05) is 18.2 Å². The number of phenols is 1. The quantitative estimate of drug-likeness (QED) is 0.463. The van der Waals surface area contributed by atoms with Crippen molar-refractivity contribution in [3.8, 4) is 17.2 Å². The average Bonchev–Trinajstić information content (AvgIpc) is 3.26. The molecule has 206 valence electrons. The summed E-state index contributed by atoms with van der Waals surface area (Å²) >= 11 is 6.15. The van der Waals surface area contributed by atoms with Crippen LogP contribution in [-0.2, 0) is 6.42 Å². The number of hydrogen-bond acceptors (Lipinski definition) is 8. The van der Waals surface area contributed by atoms with Crippen molar-refractivity contribution in [2.75, 3.05) is 65.6 Å². The van der Waals surface area contributed by atoms with Crippen molar-refractivity contribution >= 4 is 17.5 Å². The summed E-state index contributed by atoms with van der Waals surface area (Å²) in [4.78, 5) is 19.3. The molecule has 0 aromatic heterocycles. The Hall–Kier alpha value is -2.56. The van der Waals surface area contributed by atoms with E-state index in [-0.39, 0.29) is 36.2 Å². The highest BCUT2D eigenvalue weighted by Crippen LogP contribution is 2.42. The first-order valence-corrected chi connectivity index (χ1v) is 13.7. The molecule has 0 bridgehead atoms. The lowest BCUT2D eigenvalue weighted by molar-refractivity contribution is -0.00203.